The molecule has 0 spiro atoms. The van der Waals surface area contributed by atoms with Gasteiger partial charge < -0.3 is 28.9 Å². The molecule has 224 valence electrons. The molecule has 1 aromatic rings. The van der Waals surface area contributed by atoms with Crippen LogP contribution in [0.1, 0.15) is 97.0 Å². The van der Waals surface area contributed by atoms with Gasteiger partial charge in [-0.15, -0.1) is 0 Å². The average molecular weight is 560 g/mol. The predicted molar refractivity (Wildman–Crippen MR) is 156 cm³/mol. The van der Waals surface area contributed by atoms with Gasteiger partial charge in [0.1, 0.15) is 11.4 Å². The van der Waals surface area contributed by atoms with Crippen LogP contribution in [-0.2, 0) is 20.7 Å². The number of hydrogen-bond acceptors (Lipinski definition) is 6. The molecule has 0 aromatic heterocycles. The molecular weight excluding hydrogens is 510 g/mol. The van der Waals surface area contributed by atoms with E-state index >= 15 is 0 Å². The Kier molecular flexibility index (Phi) is 10.1. The number of carbonyl (C=O) groups is 3. The largest absolute Gasteiger partial charge is 0.476 e. The van der Waals surface area contributed by atoms with Gasteiger partial charge in [0.15, 0.2) is 5.60 Å². The van der Waals surface area contributed by atoms with Crippen LogP contribution in [-0.4, -0.2) is 84.3 Å². The second-order valence-corrected chi connectivity index (χ2v) is 12.7. The van der Waals surface area contributed by atoms with E-state index in [0.717, 1.165) is 24.8 Å². The molecule has 3 rings (SSSR count). The van der Waals surface area contributed by atoms with Crippen molar-refractivity contribution >= 4 is 23.6 Å². The van der Waals surface area contributed by atoms with E-state index < -0.39 is 11.2 Å². The number of anilines is 1. The van der Waals surface area contributed by atoms with Crippen LogP contribution in [0.2, 0.25) is 0 Å². The van der Waals surface area contributed by atoms with Gasteiger partial charge in [-0.25, -0.2) is 4.79 Å². The van der Waals surface area contributed by atoms with Crippen molar-refractivity contribution in [2.75, 3.05) is 38.3 Å². The number of benzene rings is 1. The number of ether oxygens (including phenoxy) is 3. The van der Waals surface area contributed by atoms with Crippen molar-refractivity contribution in [2.24, 2.45) is 0 Å². The van der Waals surface area contributed by atoms with Crippen LogP contribution in [0.3, 0.4) is 0 Å². The van der Waals surface area contributed by atoms with Crippen LogP contribution >= 0.6 is 0 Å². The van der Waals surface area contributed by atoms with Crippen molar-refractivity contribution in [3.05, 3.63) is 23.3 Å². The van der Waals surface area contributed by atoms with E-state index in [9.17, 15) is 14.4 Å². The van der Waals surface area contributed by atoms with Gasteiger partial charge in [0.25, 0.3) is 11.8 Å². The molecule has 2 heterocycles. The molecule has 2 aliphatic heterocycles. The van der Waals surface area contributed by atoms with E-state index in [1.54, 1.807) is 30.8 Å². The standard InChI is InChI=1S/C31H49N3O6/c1-10-13-22-18-26-25(33(16-12-17-38-9)28(36)31(7,8)39-26)19-24(22)27(35)34(21(2)3)23-14-11-15-32(20-23)29(37)40-30(4,5)6/h18-19,21,23H,10-17,20H2,1-9H3/t23-/m1/s1. The molecule has 0 unspecified atom stereocenters. The van der Waals surface area contributed by atoms with E-state index in [0.29, 0.717) is 56.1 Å². The number of nitrogens with zero attached hydrogens (tertiary/aromatic N) is 3. The molecular formula is C31H49N3O6. The van der Waals surface area contributed by atoms with E-state index in [1.165, 1.54) is 0 Å². The lowest BCUT2D eigenvalue weighted by Gasteiger charge is -2.42. The zero-order valence-electron chi connectivity index (χ0n) is 26.0. The van der Waals surface area contributed by atoms with Crippen molar-refractivity contribution in [3.63, 3.8) is 0 Å². The van der Waals surface area contributed by atoms with Gasteiger partial charge in [0.05, 0.1) is 11.7 Å². The summed E-state index contributed by atoms with van der Waals surface area (Å²) in [6.07, 6.45) is 3.47. The first-order chi connectivity index (χ1) is 18.7. The molecule has 40 heavy (non-hydrogen) atoms. The summed E-state index contributed by atoms with van der Waals surface area (Å²) in [6, 6.07) is 3.55. The summed E-state index contributed by atoms with van der Waals surface area (Å²) in [5.74, 6) is 0.386. The second-order valence-electron chi connectivity index (χ2n) is 12.7. The highest BCUT2D eigenvalue weighted by molar-refractivity contribution is 6.05. The number of piperidine rings is 1. The first-order valence-corrected chi connectivity index (χ1v) is 14.7. The van der Waals surface area contributed by atoms with Crippen LogP contribution < -0.4 is 9.64 Å². The Morgan fingerprint density at radius 2 is 1.93 bits per heavy atom. The maximum atomic E-state index is 14.4. The van der Waals surface area contributed by atoms with Crippen LogP contribution in [0.25, 0.3) is 0 Å². The highest BCUT2D eigenvalue weighted by Crippen LogP contribution is 2.41. The molecule has 9 nitrogen and oxygen atoms in total. The van der Waals surface area contributed by atoms with Crippen molar-refractivity contribution < 1.29 is 28.6 Å². The number of aryl methyl sites for hydroxylation is 1. The third-order valence-electron chi connectivity index (χ3n) is 7.31. The summed E-state index contributed by atoms with van der Waals surface area (Å²) in [5.41, 5.74) is 0.507. The molecule has 0 bridgehead atoms. The summed E-state index contributed by atoms with van der Waals surface area (Å²) < 4.78 is 17.0. The highest BCUT2D eigenvalue weighted by Gasteiger charge is 2.42. The van der Waals surface area contributed by atoms with Crippen molar-refractivity contribution in [3.8, 4) is 5.75 Å². The smallest absolute Gasteiger partial charge is 0.410 e. The lowest BCUT2D eigenvalue weighted by Crippen LogP contribution is -2.55. The Bertz CT molecular complexity index is 1080. The number of likely N-dealkylation sites (tertiary alicyclic amines) is 1. The van der Waals surface area contributed by atoms with Gasteiger partial charge in [-0.05, 0) is 91.8 Å². The zero-order valence-corrected chi connectivity index (χ0v) is 26.0. The molecule has 0 radical (unpaired) electrons. The topological polar surface area (TPSA) is 88.6 Å². The Hall–Kier alpha value is -2.81. The minimum absolute atomic E-state index is 0.0868. The average Bonchev–Trinajstić information content (AvgIpc) is 2.85. The fraction of sp³-hybridized carbons (Fsp3) is 0.710. The maximum absolute atomic E-state index is 14.4. The second kappa shape index (κ2) is 12.8. The maximum Gasteiger partial charge on any atom is 0.410 e. The van der Waals surface area contributed by atoms with Gasteiger partial charge >= 0.3 is 6.09 Å². The summed E-state index contributed by atoms with van der Waals surface area (Å²) >= 11 is 0. The first-order valence-electron chi connectivity index (χ1n) is 14.7. The van der Waals surface area contributed by atoms with Gasteiger partial charge in [-0.3, -0.25) is 9.59 Å². The summed E-state index contributed by atoms with van der Waals surface area (Å²) in [7, 11) is 1.64. The molecule has 0 aliphatic carbocycles. The van der Waals surface area contributed by atoms with E-state index in [4.69, 9.17) is 14.2 Å². The van der Waals surface area contributed by atoms with Gasteiger partial charge in [0, 0.05) is 45.0 Å². The highest BCUT2D eigenvalue weighted by atomic mass is 16.6. The predicted octanol–water partition coefficient (Wildman–Crippen LogP) is 5.43. The van der Waals surface area contributed by atoms with Gasteiger partial charge in [-0.2, -0.15) is 0 Å². The molecule has 0 saturated carbocycles. The number of amides is 3. The fourth-order valence-corrected chi connectivity index (χ4v) is 5.56. The molecule has 1 aromatic carbocycles. The SMILES string of the molecule is CCCc1cc2c(cc1C(=O)N(C(C)C)[C@@H]1CCCN(C(=O)OC(C)(C)C)C1)N(CCCOC)C(=O)C(C)(C)O2. The minimum atomic E-state index is -1.01. The Morgan fingerprint density at radius 1 is 1.23 bits per heavy atom. The number of carbonyl (C=O) groups excluding carboxylic acids is 3. The lowest BCUT2D eigenvalue weighted by molar-refractivity contribution is -0.132. The van der Waals surface area contributed by atoms with E-state index in [2.05, 4.69) is 6.92 Å². The summed E-state index contributed by atoms with van der Waals surface area (Å²) in [6.45, 7) is 17.2. The molecule has 1 fully saturated rings. The minimum Gasteiger partial charge on any atom is -0.476 e. The summed E-state index contributed by atoms with van der Waals surface area (Å²) in [4.78, 5) is 46.0. The number of hydrogen-bond donors (Lipinski definition) is 0. The van der Waals surface area contributed by atoms with E-state index in [-0.39, 0.29) is 30.0 Å². The zero-order chi connectivity index (χ0) is 29.8. The normalized spacial score (nSPS) is 18.9. The molecule has 1 atom stereocenters. The van der Waals surface area contributed by atoms with Crippen molar-refractivity contribution in [2.45, 2.75) is 111 Å². The van der Waals surface area contributed by atoms with Crippen molar-refractivity contribution in [1.82, 2.24) is 9.80 Å². The Labute approximate surface area is 240 Å². The first kappa shape index (κ1) is 31.7. The fourth-order valence-electron chi connectivity index (χ4n) is 5.56. The summed E-state index contributed by atoms with van der Waals surface area (Å²) in [5, 5.41) is 0. The monoisotopic (exact) mass is 559 g/mol. The molecule has 0 N–H and O–H groups in total. The van der Waals surface area contributed by atoms with Crippen LogP contribution in [0, 0.1) is 0 Å². The number of rotatable bonds is 9. The molecule has 3 amide bonds. The van der Waals surface area contributed by atoms with Gasteiger partial charge in [-0.1, -0.05) is 13.3 Å². The van der Waals surface area contributed by atoms with Gasteiger partial charge in [0.2, 0.25) is 0 Å². The quantitative estimate of drug-likeness (QED) is 0.375. The molecule has 9 heteroatoms. The third-order valence-corrected chi connectivity index (χ3v) is 7.31. The molecule has 1 saturated heterocycles. The molecule has 2 aliphatic rings. The lowest BCUT2D eigenvalue weighted by atomic mass is 9.95. The Morgan fingerprint density at radius 3 is 2.52 bits per heavy atom. The van der Waals surface area contributed by atoms with Crippen LogP contribution in [0.4, 0.5) is 10.5 Å². The third kappa shape index (κ3) is 7.28. The van der Waals surface area contributed by atoms with E-state index in [1.807, 2.05) is 51.7 Å². The Balaban J connectivity index is 2.00. The van der Waals surface area contributed by atoms with Crippen LogP contribution in [0.15, 0.2) is 12.1 Å². The van der Waals surface area contributed by atoms with Crippen molar-refractivity contribution in [1.29, 1.82) is 0 Å². The number of fused-ring (bicyclic) bond motifs is 1. The number of methoxy groups -OCH3 is 1. The van der Waals surface area contributed by atoms with Crippen LogP contribution in [0.5, 0.6) is 5.75 Å².